The average molecular weight is 367 g/mol. The highest BCUT2D eigenvalue weighted by molar-refractivity contribution is 5.77. The molecule has 5 heteroatoms. The van der Waals surface area contributed by atoms with Gasteiger partial charge in [-0.1, -0.05) is 18.2 Å². The van der Waals surface area contributed by atoms with E-state index >= 15 is 0 Å². The number of carbonyl (C=O) groups is 1. The van der Waals surface area contributed by atoms with Gasteiger partial charge in [0.1, 0.15) is 5.75 Å². The lowest BCUT2D eigenvalue weighted by Crippen LogP contribution is -2.49. The van der Waals surface area contributed by atoms with E-state index in [1.54, 1.807) is 7.11 Å². The third-order valence-electron chi connectivity index (χ3n) is 5.19. The molecule has 144 valence electrons. The van der Waals surface area contributed by atoms with E-state index in [0.29, 0.717) is 13.0 Å². The van der Waals surface area contributed by atoms with Crippen molar-refractivity contribution < 1.29 is 9.53 Å². The van der Waals surface area contributed by atoms with Crippen molar-refractivity contribution in [1.82, 2.24) is 4.90 Å². The van der Waals surface area contributed by atoms with Crippen LogP contribution in [0.15, 0.2) is 42.5 Å². The molecule has 27 heavy (non-hydrogen) atoms. The van der Waals surface area contributed by atoms with Gasteiger partial charge in [0.15, 0.2) is 0 Å². The van der Waals surface area contributed by atoms with Crippen molar-refractivity contribution in [3.63, 3.8) is 0 Å². The highest BCUT2D eigenvalue weighted by Crippen LogP contribution is 2.21. The van der Waals surface area contributed by atoms with Crippen LogP contribution in [0.25, 0.3) is 0 Å². The lowest BCUT2D eigenvalue weighted by atomic mass is 10.1. The number of rotatable bonds is 6. The first-order chi connectivity index (χ1) is 13.1. The van der Waals surface area contributed by atoms with Gasteiger partial charge in [0.05, 0.1) is 7.11 Å². The van der Waals surface area contributed by atoms with Gasteiger partial charge in [-0.2, -0.15) is 0 Å². The van der Waals surface area contributed by atoms with Gasteiger partial charge in [-0.15, -0.1) is 0 Å². The van der Waals surface area contributed by atoms with E-state index in [2.05, 4.69) is 54.4 Å². The molecule has 2 aromatic rings. The van der Waals surface area contributed by atoms with Crippen LogP contribution in [0.2, 0.25) is 0 Å². The van der Waals surface area contributed by atoms with Crippen molar-refractivity contribution in [2.45, 2.75) is 20.3 Å². The molecule has 0 aromatic heterocycles. The quantitative estimate of drug-likeness (QED) is 0.849. The molecule has 1 amide bonds. The first-order valence-corrected chi connectivity index (χ1v) is 9.55. The topological polar surface area (TPSA) is 44.8 Å². The van der Waals surface area contributed by atoms with E-state index < -0.39 is 0 Å². The van der Waals surface area contributed by atoms with E-state index in [0.717, 1.165) is 37.6 Å². The highest BCUT2D eigenvalue weighted by atomic mass is 16.5. The third-order valence-corrected chi connectivity index (χ3v) is 5.19. The lowest BCUT2D eigenvalue weighted by Gasteiger charge is -2.36. The molecule has 0 aliphatic carbocycles. The number of anilines is 2. The zero-order valence-corrected chi connectivity index (χ0v) is 16.5. The molecule has 3 rings (SSSR count). The molecule has 1 N–H and O–H groups in total. The Bertz CT molecular complexity index is 745. The van der Waals surface area contributed by atoms with Crippen LogP contribution in [-0.2, 0) is 4.79 Å². The molecule has 0 saturated carbocycles. The van der Waals surface area contributed by atoms with E-state index in [4.69, 9.17) is 4.74 Å². The molecular weight excluding hydrogens is 338 g/mol. The first kappa shape index (κ1) is 19.1. The van der Waals surface area contributed by atoms with Gasteiger partial charge in [0.2, 0.25) is 5.91 Å². The number of para-hydroxylation sites is 1. The lowest BCUT2D eigenvalue weighted by molar-refractivity contribution is -0.131. The van der Waals surface area contributed by atoms with E-state index in [9.17, 15) is 4.79 Å². The van der Waals surface area contributed by atoms with Crippen molar-refractivity contribution in [1.29, 1.82) is 0 Å². The Morgan fingerprint density at radius 3 is 2.22 bits per heavy atom. The van der Waals surface area contributed by atoms with Crippen LogP contribution in [0.3, 0.4) is 0 Å². The van der Waals surface area contributed by atoms with Crippen molar-refractivity contribution >= 4 is 17.3 Å². The average Bonchev–Trinajstić information content (AvgIpc) is 2.70. The Kier molecular flexibility index (Phi) is 6.22. The molecule has 0 bridgehead atoms. The Morgan fingerprint density at radius 1 is 1.00 bits per heavy atom. The van der Waals surface area contributed by atoms with Crippen LogP contribution >= 0.6 is 0 Å². The number of amides is 1. The summed E-state index contributed by atoms with van der Waals surface area (Å²) in [7, 11) is 1.68. The summed E-state index contributed by atoms with van der Waals surface area (Å²) in [6.45, 7) is 8.13. The Hall–Kier alpha value is -2.69. The summed E-state index contributed by atoms with van der Waals surface area (Å²) < 4.78 is 5.21. The monoisotopic (exact) mass is 367 g/mol. The fourth-order valence-corrected chi connectivity index (χ4v) is 3.55. The summed E-state index contributed by atoms with van der Waals surface area (Å²) in [5.74, 6) is 1.09. The number of methoxy groups -OCH3 is 1. The molecular formula is C22H29N3O2. The smallest absolute Gasteiger partial charge is 0.224 e. The van der Waals surface area contributed by atoms with Gasteiger partial charge >= 0.3 is 0 Å². The standard InChI is InChI=1S/C22H29N3O2/c1-17-5-4-6-18(2)22(17)23-12-11-21(26)25-15-13-24(14-16-25)19-7-9-20(27-3)10-8-19/h4-10,23H,11-16H2,1-3H3. The zero-order valence-electron chi connectivity index (χ0n) is 16.5. The predicted molar refractivity (Wildman–Crippen MR) is 111 cm³/mol. The van der Waals surface area contributed by atoms with Crippen LogP contribution in [0, 0.1) is 13.8 Å². The number of nitrogens with one attached hydrogen (secondary N) is 1. The normalized spacial score (nSPS) is 14.2. The number of aryl methyl sites for hydroxylation is 2. The van der Waals surface area contributed by atoms with Crippen molar-refractivity contribution in [2.24, 2.45) is 0 Å². The SMILES string of the molecule is COc1ccc(N2CCN(C(=O)CCNc3c(C)cccc3C)CC2)cc1. The minimum Gasteiger partial charge on any atom is -0.497 e. The minimum atomic E-state index is 0.225. The Labute approximate surface area is 161 Å². The van der Waals surface area contributed by atoms with Crippen molar-refractivity contribution in [2.75, 3.05) is 50.1 Å². The fourth-order valence-electron chi connectivity index (χ4n) is 3.55. The largest absolute Gasteiger partial charge is 0.497 e. The maximum Gasteiger partial charge on any atom is 0.224 e. The maximum absolute atomic E-state index is 12.5. The third kappa shape index (κ3) is 4.73. The summed E-state index contributed by atoms with van der Waals surface area (Å²) >= 11 is 0. The van der Waals surface area contributed by atoms with Crippen LogP contribution in [0.4, 0.5) is 11.4 Å². The van der Waals surface area contributed by atoms with Gasteiger partial charge in [-0.3, -0.25) is 4.79 Å². The van der Waals surface area contributed by atoms with Gasteiger partial charge in [0, 0.05) is 50.5 Å². The van der Waals surface area contributed by atoms with Gasteiger partial charge in [-0.05, 0) is 49.2 Å². The summed E-state index contributed by atoms with van der Waals surface area (Å²) in [5.41, 5.74) is 4.76. The predicted octanol–water partition coefficient (Wildman–Crippen LogP) is 3.46. The van der Waals surface area contributed by atoms with E-state index in [-0.39, 0.29) is 5.91 Å². The second kappa shape index (κ2) is 8.80. The van der Waals surface area contributed by atoms with Crippen molar-refractivity contribution in [3.8, 4) is 5.75 Å². The van der Waals surface area contributed by atoms with Crippen LogP contribution in [-0.4, -0.2) is 50.6 Å². The van der Waals surface area contributed by atoms with Crippen LogP contribution < -0.4 is 15.0 Å². The Balaban J connectivity index is 1.45. The number of benzene rings is 2. The zero-order chi connectivity index (χ0) is 19.2. The molecule has 0 spiro atoms. The van der Waals surface area contributed by atoms with Gasteiger partial charge in [0.25, 0.3) is 0 Å². The molecule has 1 saturated heterocycles. The van der Waals surface area contributed by atoms with E-state index in [1.807, 2.05) is 17.0 Å². The van der Waals surface area contributed by atoms with Gasteiger partial charge in [-0.25, -0.2) is 0 Å². The summed E-state index contributed by atoms with van der Waals surface area (Å²) in [5, 5.41) is 3.43. The molecule has 0 radical (unpaired) electrons. The molecule has 1 aliphatic heterocycles. The number of piperazine rings is 1. The second-order valence-corrected chi connectivity index (χ2v) is 7.01. The fraction of sp³-hybridized carbons (Fsp3) is 0.409. The first-order valence-electron chi connectivity index (χ1n) is 9.55. The maximum atomic E-state index is 12.5. The highest BCUT2D eigenvalue weighted by Gasteiger charge is 2.21. The van der Waals surface area contributed by atoms with Crippen LogP contribution in [0.5, 0.6) is 5.75 Å². The molecule has 1 heterocycles. The number of ether oxygens (including phenoxy) is 1. The number of hydrogen-bond acceptors (Lipinski definition) is 4. The minimum absolute atomic E-state index is 0.225. The molecule has 2 aromatic carbocycles. The molecule has 1 fully saturated rings. The number of hydrogen-bond donors (Lipinski definition) is 1. The molecule has 1 aliphatic rings. The summed E-state index contributed by atoms with van der Waals surface area (Å²) in [6, 6.07) is 14.3. The van der Waals surface area contributed by atoms with Gasteiger partial charge < -0.3 is 19.9 Å². The summed E-state index contributed by atoms with van der Waals surface area (Å²) in [4.78, 5) is 16.8. The molecule has 5 nitrogen and oxygen atoms in total. The van der Waals surface area contributed by atoms with E-state index in [1.165, 1.54) is 16.8 Å². The summed E-state index contributed by atoms with van der Waals surface area (Å²) in [6.07, 6.45) is 0.524. The Morgan fingerprint density at radius 2 is 1.63 bits per heavy atom. The number of carbonyl (C=O) groups excluding carboxylic acids is 1. The molecule has 0 atom stereocenters. The number of nitrogens with zero attached hydrogens (tertiary/aromatic N) is 2. The second-order valence-electron chi connectivity index (χ2n) is 7.01. The van der Waals surface area contributed by atoms with Crippen LogP contribution in [0.1, 0.15) is 17.5 Å². The molecule has 0 unspecified atom stereocenters. The van der Waals surface area contributed by atoms with Crippen molar-refractivity contribution in [3.05, 3.63) is 53.6 Å².